The highest BCUT2D eigenvalue weighted by Crippen LogP contribution is 2.36. The summed E-state index contributed by atoms with van der Waals surface area (Å²) in [5, 5.41) is 3.10. The molecule has 0 bridgehead atoms. The largest absolute Gasteiger partial charge is 0.349 e. The minimum absolute atomic E-state index is 0.0217. The van der Waals surface area contributed by atoms with Gasteiger partial charge in [-0.05, 0) is 31.4 Å². The van der Waals surface area contributed by atoms with Crippen LogP contribution in [-0.4, -0.2) is 17.4 Å². The highest BCUT2D eigenvalue weighted by Gasteiger charge is 2.38. The summed E-state index contributed by atoms with van der Waals surface area (Å²) in [6.45, 7) is 2.43. The Morgan fingerprint density at radius 2 is 2.21 bits per heavy atom. The number of rotatable bonds is 4. The molecule has 1 fully saturated rings. The van der Waals surface area contributed by atoms with Gasteiger partial charge in [-0.3, -0.25) is 9.78 Å². The van der Waals surface area contributed by atoms with Crippen molar-refractivity contribution in [3.63, 3.8) is 0 Å². The second-order valence-electron chi connectivity index (χ2n) is 5.53. The highest BCUT2D eigenvalue weighted by molar-refractivity contribution is 5.83. The zero-order valence-corrected chi connectivity index (χ0v) is 11.6. The third-order valence-corrected chi connectivity index (χ3v) is 4.22. The summed E-state index contributed by atoms with van der Waals surface area (Å²) in [6.07, 6.45) is 8.77. The molecule has 1 unspecified atom stereocenters. The van der Waals surface area contributed by atoms with E-state index in [1.54, 1.807) is 12.4 Å². The molecule has 1 atom stereocenters. The van der Waals surface area contributed by atoms with Crippen LogP contribution in [0.4, 0.5) is 0 Å². The fourth-order valence-electron chi connectivity index (χ4n) is 2.82. The zero-order chi connectivity index (χ0) is 13.7. The van der Waals surface area contributed by atoms with Crippen LogP contribution < -0.4 is 11.1 Å². The molecule has 1 aromatic rings. The topological polar surface area (TPSA) is 68.0 Å². The molecule has 1 aliphatic carbocycles. The van der Waals surface area contributed by atoms with E-state index in [4.69, 9.17) is 5.73 Å². The first kappa shape index (κ1) is 14.0. The monoisotopic (exact) mass is 261 g/mol. The Hall–Kier alpha value is -1.42. The van der Waals surface area contributed by atoms with Crippen LogP contribution in [0.25, 0.3) is 0 Å². The molecule has 1 amide bonds. The van der Waals surface area contributed by atoms with Gasteiger partial charge in [-0.15, -0.1) is 0 Å². The molecule has 1 heterocycles. The molecule has 0 aromatic carbocycles. The fourth-order valence-corrected chi connectivity index (χ4v) is 2.82. The Morgan fingerprint density at radius 3 is 2.79 bits per heavy atom. The van der Waals surface area contributed by atoms with Gasteiger partial charge in [-0.1, -0.05) is 25.3 Å². The number of carbonyl (C=O) groups excluding carboxylic acids is 1. The van der Waals surface area contributed by atoms with Gasteiger partial charge in [0.15, 0.2) is 0 Å². The van der Waals surface area contributed by atoms with Gasteiger partial charge in [0.2, 0.25) is 5.91 Å². The molecule has 0 saturated heterocycles. The molecule has 0 spiro atoms. The van der Waals surface area contributed by atoms with Crippen molar-refractivity contribution in [3.8, 4) is 0 Å². The molecule has 104 valence electrons. The number of hydrogen-bond donors (Lipinski definition) is 2. The van der Waals surface area contributed by atoms with Crippen LogP contribution in [0, 0.1) is 5.41 Å². The highest BCUT2D eigenvalue weighted by atomic mass is 16.2. The number of aromatic nitrogens is 1. The van der Waals surface area contributed by atoms with Crippen LogP contribution in [0.2, 0.25) is 0 Å². The first-order chi connectivity index (χ1) is 9.18. The van der Waals surface area contributed by atoms with Gasteiger partial charge in [0.1, 0.15) is 0 Å². The van der Waals surface area contributed by atoms with Crippen molar-refractivity contribution in [1.82, 2.24) is 10.3 Å². The number of amides is 1. The maximum absolute atomic E-state index is 12.5. The van der Waals surface area contributed by atoms with E-state index in [1.807, 2.05) is 19.1 Å². The van der Waals surface area contributed by atoms with E-state index in [9.17, 15) is 4.79 Å². The van der Waals surface area contributed by atoms with Gasteiger partial charge in [-0.25, -0.2) is 0 Å². The Balaban J connectivity index is 2.03. The minimum atomic E-state index is -0.352. The second kappa shape index (κ2) is 6.15. The average Bonchev–Trinajstić information content (AvgIpc) is 2.48. The predicted molar refractivity (Wildman–Crippen MR) is 75.4 cm³/mol. The van der Waals surface area contributed by atoms with E-state index in [-0.39, 0.29) is 17.4 Å². The first-order valence-corrected chi connectivity index (χ1v) is 7.09. The second-order valence-corrected chi connectivity index (χ2v) is 5.53. The quantitative estimate of drug-likeness (QED) is 0.872. The standard InChI is InChI=1S/C15H23N3O/c1-12(13-6-5-9-17-10-13)18-14(19)15(11-16)7-3-2-4-8-15/h5-6,9-10,12H,2-4,7-8,11,16H2,1H3,(H,18,19). The van der Waals surface area contributed by atoms with Crippen molar-refractivity contribution < 1.29 is 4.79 Å². The summed E-state index contributed by atoms with van der Waals surface area (Å²) < 4.78 is 0. The van der Waals surface area contributed by atoms with Gasteiger partial charge >= 0.3 is 0 Å². The Kier molecular flexibility index (Phi) is 4.53. The molecular formula is C15H23N3O. The fraction of sp³-hybridized carbons (Fsp3) is 0.600. The van der Waals surface area contributed by atoms with E-state index in [2.05, 4.69) is 10.3 Å². The number of nitrogens with one attached hydrogen (secondary N) is 1. The molecule has 3 N–H and O–H groups in total. The summed E-state index contributed by atoms with van der Waals surface area (Å²) >= 11 is 0. The third-order valence-electron chi connectivity index (χ3n) is 4.22. The molecule has 4 nitrogen and oxygen atoms in total. The van der Waals surface area contributed by atoms with Gasteiger partial charge < -0.3 is 11.1 Å². The maximum Gasteiger partial charge on any atom is 0.227 e. The van der Waals surface area contributed by atoms with Gasteiger partial charge in [-0.2, -0.15) is 0 Å². The van der Waals surface area contributed by atoms with Crippen LogP contribution in [0.5, 0.6) is 0 Å². The summed E-state index contributed by atoms with van der Waals surface area (Å²) in [7, 11) is 0. The molecule has 0 radical (unpaired) electrons. The molecular weight excluding hydrogens is 238 g/mol. The predicted octanol–water partition coefficient (Wildman–Crippen LogP) is 2.17. The van der Waals surface area contributed by atoms with Crippen molar-refractivity contribution in [2.75, 3.05) is 6.54 Å². The zero-order valence-electron chi connectivity index (χ0n) is 11.6. The van der Waals surface area contributed by atoms with Gasteiger partial charge in [0.25, 0.3) is 0 Å². The maximum atomic E-state index is 12.5. The smallest absolute Gasteiger partial charge is 0.227 e. The average molecular weight is 261 g/mol. The lowest BCUT2D eigenvalue weighted by atomic mass is 9.73. The Labute approximate surface area is 114 Å². The lowest BCUT2D eigenvalue weighted by Gasteiger charge is -2.35. The van der Waals surface area contributed by atoms with Crippen molar-refractivity contribution in [2.24, 2.45) is 11.1 Å². The summed E-state index contributed by atoms with van der Waals surface area (Å²) in [5.41, 5.74) is 6.55. The van der Waals surface area contributed by atoms with Crippen LogP contribution >= 0.6 is 0 Å². The minimum Gasteiger partial charge on any atom is -0.349 e. The summed E-state index contributed by atoms with van der Waals surface area (Å²) in [6, 6.07) is 3.84. The number of nitrogens with two attached hydrogens (primary N) is 1. The van der Waals surface area contributed by atoms with Crippen LogP contribution in [0.3, 0.4) is 0 Å². The van der Waals surface area contributed by atoms with E-state index in [1.165, 1.54) is 6.42 Å². The molecule has 1 saturated carbocycles. The number of carbonyl (C=O) groups is 1. The molecule has 2 rings (SSSR count). The van der Waals surface area contributed by atoms with Crippen molar-refractivity contribution in [2.45, 2.75) is 45.1 Å². The van der Waals surface area contributed by atoms with Crippen LogP contribution in [0.1, 0.15) is 50.6 Å². The lowest BCUT2D eigenvalue weighted by Crippen LogP contribution is -2.47. The SMILES string of the molecule is CC(NC(=O)C1(CN)CCCCC1)c1cccnc1. The summed E-state index contributed by atoms with van der Waals surface area (Å²) in [4.78, 5) is 16.6. The van der Waals surface area contributed by atoms with E-state index in [0.717, 1.165) is 31.2 Å². The van der Waals surface area contributed by atoms with Crippen LogP contribution in [0.15, 0.2) is 24.5 Å². The van der Waals surface area contributed by atoms with E-state index in [0.29, 0.717) is 6.54 Å². The molecule has 0 aliphatic heterocycles. The van der Waals surface area contributed by atoms with Gasteiger partial charge in [0.05, 0.1) is 11.5 Å². The number of hydrogen-bond acceptors (Lipinski definition) is 3. The molecule has 19 heavy (non-hydrogen) atoms. The third kappa shape index (κ3) is 3.13. The van der Waals surface area contributed by atoms with E-state index < -0.39 is 0 Å². The van der Waals surface area contributed by atoms with Crippen molar-refractivity contribution >= 4 is 5.91 Å². The van der Waals surface area contributed by atoms with Crippen molar-refractivity contribution in [3.05, 3.63) is 30.1 Å². The Bertz CT molecular complexity index is 413. The van der Waals surface area contributed by atoms with Crippen molar-refractivity contribution in [1.29, 1.82) is 0 Å². The van der Waals surface area contributed by atoms with Crippen LogP contribution in [-0.2, 0) is 4.79 Å². The summed E-state index contributed by atoms with van der Waals surface area (Å²) in [5.74, 6) is 0.103. The first-order valence-electron chi connectivity index (χ1n) is 7.09. The molecule has 4 heteroatoms. The normalized spacial score (nSPS) is 19.7. The lowest BCUT2D eigenvalue weighted by molar-refractivity contribution is -0.133. The molecule has 1 aliphatic rings. The van der Waals surface area contributed by atoms with Gasteiger partial charge in [0, 0.05) is 18.9 Å². The van der Waals surface area contributed by atoms with E-state index >= 15 is 0 Å². The number of nitrogens with zero attached hydrogens (tertiary/aromatic N) is 1. The number of pyridine rings is 1. The Morgan fingerprint density at radius 1 is 1.47 bits per heavy atom. The molecule has 1 aromatic heterocycles.